The van der Waals surface area contributed by atoms with Crippen LogP contribution in [0.1, 0.15) is 5.56 Å². The van der Waals surface area contributed by atoms with Crippen LogP contribution in [-0.4, -0.2) is 21.8 Å². The van der Waals surface area contributed by atoms with Crippen molar-refractivity contribution >= 4 is 30.1 Å². The monoisotopic (exact) mass is 312 g/mol. The summed E-state index contributed by atoms with van der Waals surface area (Å²) in [6.07, 6.45) is 1.74. The Kier molecular flexibility index (Phi) is 5.84. The molecule has 0 fully saturated rings. The topological polar surface area (TPSA) is 78.9 Å². The van der Waals surface area contributed by atoms with Crippen molar-refractivity contribution in [2.24, 2.45) is 0 Å². The van der Waals surface area contributed by atoms with Crippen molar-refractivity contribution in [3.05, 3.63) is 23.8 Å². The molecule has 102 valence electrons. The average Bonchev–Trinajstić information content (AvgIpc) is 2.35. The minimum atomic E-state index is -4.14. The Hall–Kier alpha value is -0.370. The third-order valence-corrected chi connectivity index (χ3v) is 4.88. The number of hydrogen-bond donors (Lipinski definition) is 0. The lowest BCUT2D eigenvalue weighted by Crippen LogP contribution is -2.08. The van der Waals surface area contributed by atoms with E-state index in [9.17, 15) is 13.0 Å². The SMILES string of the molecule is CO[PH](=O)OOS(=O)(=O)c1c(C)cccc1SC. The second-order valence-corrected chi connectivity index (χ2v) is 6.54. The highest BCUT2D eigenvalue weighted by atomic mass is 32.2. The van der Waals surface area contributed by atoms with Crippen LogP contribution in [0.3, 0.4) is 0 Å². The first-order chi connectivity index (χ1) is 8.42. The summed E-state index contributed by atoms with van der Waals surface area (Å²) in [5.74, 6) is 0. The normalized spacial score (nSPS) is 13.5. The van der Waals surface area contributed by atoms with Gasteiger partial charge in [0.05, 0.1) is 0 Å². The molecule has 18 heavy (non-hydrogen) atoms. The van der Waals surface area contributed by atoms with Crippen molar-refractivity contribution in [3.63, 3.8) is 0 Å². The predicted molar refractivity (Wildman–Crippen MR) is 68.3 cm³/mol. The Balaban J connectivity index is 3.09. The van der Waals surface area contributed by atoms with E-state index in [4.69, 9.17) is 0 Å². The van der Waals surface area contributed by atoms with Gasteiger partial charge in [0, 0.05) is 12.0 Å². The molecular weight excluding hydrogens is 299 g/mol. The zero-order chi connectivity index (χ0) is 13.8. The first kappa shape index (κ1) is 15.7. The molecule has 0 aliphatic heterocycles. The van der Waals surface area contributed by atoms with Crippen molar-refractivity contribution < 1.29 is 26.5 Å². The van der Waals surface area contributed by atoms with Crippen LogP contribution < -0.4 is 0 Å². The number of hydrogen-bond acceptors (Lipinski definition) is 7. The van der Waals surface area contributed by atoms with Crippen LogP contribution in [0, 0.1) is 6.92 Å². The summed E-state index contributed by atoms with van der Waals surface area (Å²) < 4.78 is 47.5. The van der Waals surface area contributed by atoms with Gasteiger partial charge in [-0.25, -0.2) is 0 Å². The van der Waals surface area contributed by atoms with Crippen LogP contribution in [0.25, 0.3) is 0 Å². The third-order valence-electron chi connectivity index (χ3n) is 2.00. The van der Waals surface area contributed by atoms with Gasteiger partial charge in [0.25, 0.3) is 0 Å². The summed E-state index contributed by atoms with van der Waals surface area (Å²) >= 11 is 1.26. The van der Waals surface area contributed by atoms with Crippen LogP contribution in [0.2, 0.25) is 0 Å². The molecule has 0 aromatic heterocycles. The molecule has 0 spiro atoms. The van der Waals surface area contributed by atoms with Gasteiger partial charge in [0.2, 0.25) is 0 Å². The molecule has 1 unspecified atom stereocenters. The fourth-order valence-electron chi connectivity index (χ4n) is 1.25. The minimum Gasteiger partial charge on any atom is -0.312 e. The van der Waals surface area contributed by atoms with Crippen LogP contribution in [-0.2, 0) is 28.2 Å². The van der Waals surface area contributed by atoms with E-state index >= 15 is 0 Å². The van der Waals surface area contributed by atoms with E-state index in [0.717, 1.165) is 7.11 Å². The lowest BCUT2D eigenvalue weighted by atomic mass is 10.2. The van der Waals surface area contributed by atoms with E-state index < -0.39 is 18.4 Å². The highest BCUT2D eigenvalue weighted by Gasteiger charge is 2.24. The summed E-state index contributed by atoms with van der Waals surface area (Å²) in [6, 6.07) is 5.02. The number of thioether (sulfide) groups is 1. The molecule has 0 saturated heterocycles. The van der Waals surface area contributed by atoms with Gasteiger partial charge in [-0.1, -0.05) is 16.5 Å². The molecule has 0 heterocycles. The second-order valence-electron chi connectivity index (χ2n) is 3.17. The van der Waals surface area contributed by atoms with Crippen molar-refractivity contribution in [3.8, 4) is 0 Å². The smallest absolute Gasteiger partial charge is 0.312 e. The van der Waals surface area contributed by atoms with E-state index in [1.807, 2.05) is 0 Å². The lowest BCUT2D eigenvalue weighted by molar-refractivity contribution is -0.0964. The first-order valence-electron chi connectivity index (χ1n) is 4.75. The van der Waals surface area contributed by atoms with Crippen molar-refractivity contribution in [2.45, 2.75) is 16.7 Å². The van der Waals surface area contributed by atoms with Gasteiger partial charge in [-0.2, -0.15) is 8.42 Å². The first-order valence-corrected chi connectivity index (χ1v) is 8.61. The highest BCUT2D eigenvalue weighted by molar-refractivity contribution is 7.99. The number of rotatable bonds is 6. The lowest BCUT2D eigenvalue weighted by Gasteiger charge is -2.10. The molecule has 0 radical (unpaired) electrons. The summed E-state index contributed by atoms with van der Waals surface area (Å²) in [5.41, 5.74) is 0.516. The van der Waals surface area contributed by atoms with Gasteiger partial charge in [0.15, 0.2) is 0 Å². The highest BCUT2D eigenvalue weighted by Crippen LogP contribution is 2.31. The maximum absolute atomic E-state index is 11.9. The zero-order valence-electron chi connectivity index (χ0n) is 10.00. The summed E-state index contributed by atoms with van der Waals surface area (Å²) in [5, 5.41) is 0. The van der Waals surface area contributed by atoms with E-state index in [1.165, 1.54) is 11.8 Å². The summed E-state index contributed by atoms with van der Waals surface area (Å²) in [6.45, 7) is 1.63. The Bertz CT molecular complexity index is 542. The fourth-order valence-corrected chi connectivity index (χ4v) is 3.86. The molecule has 0 amide bonds. The fraction of sp³-hybridized carbons (Fsp3) is 0.333. The Labute approximate surface area is 111 Å². The van der Waals surface area contributed by atoms with Crippen LogP contribution >= 0.6 is 20.0 Å². The van der Waals surface area contributed by atoms with E-state index in [0.29, 0.717) is 10.5 Å². The van der Waals surface area contributed by atoms with Gasteiger partial charge in [-0.05, 0) is 24.8 Å². The standard InChI is InChI=1S/C9H13O6PS2/c1-7-5-4-6-8(17-3)9(7)18(11,12)15-14-16(10)13-2/h4-6,16H,1-3H3. The largest absolute Gasteiger partial charge is 0.348 e. The summed E-state index contributed by atoms with van der Waals surface area (Å²) in [7, 11) is -5.97. The Morgan fingerprint density at radius 1 is 1.33 bits per heavy atom. The molecule has 6 nitrogen and oxygen atoms in total. The molecule has 0 bridgehead atoms. The van der Waals surface area contributed by atoms with Gasteiger partial charge in [-0.15, -0.1) is 16.4 Å². The van der Waals surface area contributed by atoms with Gasteiger partial charge in [0.1, 0.15) is 4.90 Å². The molecular formula is C9H13O6PS2. The van der Waals surface area contributed by atoms with E-state index in [-0.39, 0.29) is 4.90 Å². The molecule has 9 heteroatoms. The average molecular weight is 312 g/mol. The quantitative estimate of drug-likeness (QED) is 0.345. The second kappa shape index (κ2) is 6.70. The molecule has 0 aliphatic rings. The molecule has 0 saturated carbocycles. The maximum Gasteiger partial charge on any atom is 0.348 e. The molecule has 1 aromatic carbocycles. The van der Waals surface area contributed by atoms with E-state index in [2.05, 4.69) is 13.5 Å². The van der Waals surface area contributed by atoms with Crippen molar-refractivity contribution in [1.82, 2.24) is 0 Å². The maximum atomic E-state index is 11.9. The number of aryl methyl sites for hydroxylation is 1. The minimum absolute atomic E-state index is 0.00315. The van der Waals surface area contributed by atoms with Gasteiger partial charge in [-0.3, -0.25) is 4.57 Å². The van der Waals surface area contributed by atoms with Gasteiger partial charge < -0.3 is 4.52 Å². The third kappa shape index (κ3) is 3.81. The summed E-state index contributed by atoms with van der Waals surface area (Å²) in [4.78, 5) is 0.527. The van der Waals surface area contributed by atoms with E-state index in [1.54, 1.807) is 31.4 Å². The molecule has 1 aromatic rings. The molecule has 0 aliphatic carbocycles. The number of benzene rings is 1. The predicted octanol–water partition coefficient (Wildman–Crippen LogP) is 2.39. The van der Waals surface area contributed by atoms with Crippen LogP contribution in [0.4, 0.5) is 0 Å². The van der Waals surface area contributed by atoms with Crippen LogP contribution in [0.5, 0.6) is 0 Å². The Morgan fingerprint density at radius 3 is 2.56 bits per heavy atom. The van der Waals surface area contributed by atoms with Crippen LogP contribution in [0.15, 0.2) is 28.0 Å². The molecule has 1 atom stereocenters. The molecule has 0 N–H and O–H groups in total. The van der Waals surface area contributed by atoms with Gasteiger partial charge >= 0.3 is 18.4 Å². The zero-order valence-corrected chi connectivity index (χ0v) is 12.6. The van der Waals surface area contributed by atoms with Crippen molar-refractivity contribution in [1.29, 1.82) is 0 Å². The molecule has 1 rings (SSSR count). The van der Waals surface area contributed by atoms with Crippen molar-refractivity contribution in [2.75, 3.05) is 13.4 Å². The Morgan fingerprint density at radius 2 is 2.00 bits per heavy atom.